The van der Waals surface area contributed by atoms with Crippen LogP contribution in [0.1, 0.15) is 61.9 Å². The lowest BCUT2D eigenvalue weighted by Crippen LogP contribution is -2.28. The predicted octanol–water partition coefficient (Wildman–Crippen LogP) is 6.53. The summed E-state index contributed by atoms with van der Waals surface area (Å²) >= 11 is 4.57. The van der Waals surface area contributed by atoms with Gasteiger partial charge >= 0.3 is 0 Å². The van der Waals surface area contributed by atoms with Crippen LogP contribution < -0.4 is 9.47 Å². The van der Waals surface area contributed by atoms with Gasteiger partial charge in [-0.05, 0) is 82.9 Å². The van der Waals surface area contributed by atoms with Crippen molar-refractivity contribution < 1.29 is 14.3 Å². The molecule has 0 spiro atoms. The number of ketones is 1. The van der Waals surface area contributed by atoms with Crippen molar-refractivity contribution in [1.82, 2.24) is 4.90 Å². The highest BCUT2D eigenvalue weighted by atomic mass is 127. The van der Waals surface area contributed by atoms with Crippen LogP contribution in [0.15, 0.2) is 36.4 Å². The zero-order valence-electron chi connectivity index (χ0n) is 18.5. The van der Waals surface area contributed by atoms with Crippen LogP contribution in [0.3, 0.4) is 0 Å². The number of para-hydroxylation sites is 1. The van der Waals surface area contributed by atoms with Gasteiger partial charge < -0.3 is 14.4 Å². The summed E-state index contributed by atoms with van der Waals surface area (Å²) in [5, 5.41) is 0. The molecule has 0 N–H and O–H groups in total. The minimum Gasteiger partial charge on any atom is -0.490 e. The van der Waals surface area contributed by atoms with E-state index < -0.39 is 0 Å². The van der Waals surface area contributed by atoms with Gasteiger partial charge in [-0.2, -0.15) is 0 Å². The summed E-state index contributed by atoms with van der Waals surface area (Å²) < 4.78 is 14.2. The van der Waals surface area contributed by atoms with E-state index in [9.17, 15) is 4.79 Å². The van der Waals surface area contributed by atoms with Gasteiger partial charge in [0.25, 0.3) is 0 Å². The van der Waals surface area contributed by atoms with Crippen LogP contribution in [0.4, 0.5) is 0 Å². The lowest BCUT2D eigenvalue weighted by atomic mass is 9.86. The zero-order valence-corrected chi connectivity index (χ0v) is 22.8. The molecular weight excluding hydrogens is 616 g/mol. The van der Waals surface area contributed by atoms with Crippen LogP contribution >= 0.6 is 45.2 Å². The molecule has 0 bridgehead atoms. The summed E-state index contributed by atoms with van der Waals surface area (Å²) in [6.07, 6.45) is 2.94. The molecule has 168 valence electrons. The monoisotopic (exact) mass is 647 g/mol. The lowest BCUT2D eigenvalue weighted by molar-refractivity contribution is 0.0886. The van der Waals surface area contributed by atoms with Crippen molar-refractivity contribution in [2.24, 2.45) is 0 Å². The molecule has 0 aromatic heterocycles. The van der Waals surface area contributed by atoms with Gasteiger partial charge in [0.15, 0.2) is 5.78 Å². The molecule has 0 unspecified atom stereocenters. The Morgan fingerprint density at radius 1 is 1.10 bits per heavy atom. The Bertz CT molecular complexity index is 875. The zero-order chi connectivity index (χ0) is 22.4. The van der Waals surface area contributed by atoms with E-state index in [4.69, 9.17) is 9.47 Å². The van der Waals surface area contributed by atoms with Gasteiger partial charge in [0.1, 0.15) is 24.2 Å². The number of nitrogens with zero attached hydrogens (tertiary/aromatic N) is 1. The maximum atomic E-state index is 13.6. The van der Waals surface area contributed by atoms with E-state index in [1.807, 2.05) is 36.4 Å². The number of unbranched alkanes of at least 4 members (excludes halogenated alkanes) is 1. The van der Waals surface area contributed by atoms with Gasteiger partial charge in [0.2, 0.25) is 0 Å². The number of carbonyl (C=O) groups excluding carboxylic acids is 1. The Labute approximate surface area is 213 Å². The third kappa shape index (κ3) is 5.93. The number of Topliss-reactive ketones (excluding diaryl/α,β-unsaturated/α-hetero) is 1. The standard InChI is InChI=1S/C25H31I2NO3/c1-4-7-11-22-23(18-10-8-9-12-21(18)31-22)24(29)17-15-19(26)25(20(27)16-17)30-14-13-28(5-2)6-3/h8-10,12,15-16,22-23H,4-7,11,13-14H2,1-3H3/t22-,23+/m1/s1. The molecule has 0 saturated carbocycles. The first-order valence-electron chi connectivity index (χ1n) is 11.1. The highest BCUT2D eigenvalue weighted by molar-refractivity contribution is 14.1. The maximum absolute atomic E-state index is 13.6. The highest BCUT2D eigenvalue weighted by Gasteiger charge is 2.39. The fraction of sp³-hybridized carbons (Fsp3) is 0.480. The summed E-state index contributed by atoms with van der Waals surface area (Å²) in [6.45, 7) is 10.1. The van der Waals surface area contributed by atoms with Crippen molar-refractivity contribution in [3.63, 3.8) is 0 Å². The fourth-order valence-electron chi connectivity index (χ4n) is 4.05. The quantitative estimate of drug-likeness (QED) is 0.206. The summed E-state index contributed by atoms with van der Waals surface area (Å²) in [7, 11) is 0. The molecule has 0 saturated heterocycles. The number of halogens is 2. The molecule has 2 aromatic rings. The van der Waals surface area contributed by atoms with E-state index in [2.05, 4.69) is 70.9 Å². The van der Waals surface area contributed by atoms with Crippen LogP contribution in [0.25, 0.3) is 0 Å². The lowest BCUT2D eigenvalue weighted by Gasteiger charge is -2.20. The van der Waals surface area contributed by atoms with E-state index >= 15 is 0 Å². The second kappa shape index (κ2) is 11.8. The number of carbonyl (C=O) groups is 1. The third-order valence-corrected chi connectivity index (χ3v) is 7.46. The number of benzene rings is 2. The number of hydrogen-bond donors (Lipinski definition) is 0. The van der Waals surface area contributed by atoms with Crippen molar-refractivity contribution in [2.75, 3.05) is 26.2 Å². The predicted molar refractivity (Wildman–Crippen MR) is 143 cm³/mol. The van der Waals surface area contributed by atoms with Crippen molar-refractivity contribution in [1.29, 1.82) is 0 Å². The molecule has 2 aromatic carbocycles. The van der Waals surface area contributed by atoms with Crippen LogP contribution in [0.2, 0.25) is 0 Å². The molecule has 0 fully saturated rings. The van der Waals surface area contributed by atoms with E-state index in [1.165, 1.54) is 0 Å². The van der Waals surface area contributed by atoms with Crippen molar-refractivity contribution in [3.05, 3.63) is 54.7 Å². The van der Waals surface area contributed by atoms with E-state index in [0.29, 0.717) is 6.61 Å². The average molecular weight is 647 g/mol. The van der Waals surface area contributed by atoms with Gasteiger partial charge in [-0.3, -0.25) is 4.79 Å². The molecule has 0 radical (unpaired) electrons. The minimum absolute atomic E-state index is 0.0924. The number of hydrogen-bond acceptors (Lipinski definition) is 4. The third-order valence-electron chi connectivity index (χ3n) is 5.86. The Morgan fingerprint density at radius 2 is 1.77 bits per heavy atom. The average Bonchev–Trinajstić information content (AvgIpc) is 3.14. The Balaban J connectivity index is 1.80. The van der Waals surface area contributed by atoms with Gasteiger partial charge in [0, 0.05) is 17.7 Å². The van der Waals surface area contributed by atoms with Gasteiger partial charge in [-0.15, -0.1) is 0 Å². The molecule has 31 heavy (non-hydrogen) atoms. The second-order valence-electron chi connectivity index (χ2n) is 7.82. The van der Waals surface area contributed by atoms with E-state index in [0.717, 1.165) is 68.7 Å². The Hall–Kier alpha value is -0.870. The first-order valence-corrected chi connectivity index (χ1v) is 13.3. The molecule has 0 amide bonds. The molecule has 3 rings (SSSR count). The Morgan fingerprint density at radius 3 is 2.42 bits per heavy atom. The molecule has 1 aliphatic rings. The van der Waals surface area contributed by atoms with Crippen molar-refractivity contribution in [2.45, 2.75) is 52.1 Å². The number of fused-ring (bicyclic) bond motifs is 1. The van der Waals surface area contributed by atoms with E-state index in [-0.39, 0.29) is 17.8 Å². The maximum Gasteiger partial charge on any atom is 0.174 e. The molecule has 1 aliphatic heterocycles. The molecular formula is C25H31I2NO3. The number of ether oxygens (including phenoxy) is 2. The van der Waals surface area contributed by atoms with Gasteiger partial charge in [-0.25, -0.2) is 0 Å². The molecule has 6 heteroatoms. The first-order chi connectivity index (χ1) is 15.0. The summed E-state index contributed by atoms with van der Waals surface area (Å²) in [5.74, 6) is 1.61. The number of likely N-dealkylation sites (N-methyl/N-ethyl adjacent to an activating group) is 1. The van der Waals surface area contributed by atoms with Crippen LogP contribution in [0.5, 0.6) is 11.5 Å². The van der Waals surface area contributed by atoms with Crippen LogP contribution in [-0.4, -0.2) is 43.0 Å². The van der Waals surface area contributed by atoms with Crippen molar-refractivity contribution in [3.8, 4) is 11.5 Å². The first kappa shape index (κ1) is 24.8. The Kier molecular flexibility index (Phi) is 9.46. The molecule has 1 heterocycles. The number of rotatable bonds is 11. The van der Waals surface area contributed by atoms with Crippen LogP contribution in [-0.2, 0) is 0 Å². The topological polar surface area (TPSA) is 38.8 Å². The van der Waals surface area contributed by atoms with Crippen LogP contribution in [0, 0.1) is 7.14 Å². The normalized spacial score (nSPS) is 17.5. The second-order valence-corrected chi connectivity index (χ2v) is 10.1. The van der Waals surface area contributed by atoms with E-state index in [1.54, 1.807) is 0 Å². The summed E-state index contributed by atoms with van der Waals surface area (Å²) in [6, 6.07) is 11.9. The molecule has 4 nitrogen and oxygen atoms in total. The summed E-state index contributed by atoms with van der Waals surface area (Å²) in [4.78, 5) is 16.0. The van der Waals surface area contributed by atoms with Gasteiger partial charge in [0.05, 0.1) is 13.1 Å². The van der Waals surface area contributed by atoms with Gasteiger partial charge in [-0.1, -0.05) is 51.8 Å². The fourth-order valence-corrected chi connectivity index (χ4v) is 6.13. The van der Waals surface area contributed by atoms with Crippen molar-refractivity contribution >= 4 is 51.0 Å². The smallest absolute Gasteiger partial charge is 0.174 e. The summed E-state index contributed by atoms with van der Waals surface area (Å²) in [5.41, 5.74) is 1.75. The SMILES string of the molecule is CCCC[C@H]1Oc2ccccc2[C@@H]1C(=O)c1cc(I)c(OCCN(CC)CC)c(I)c1. The molecule has 0 aliphatic carbocycles. The highest BCUT2D eigenvalue weighted by Crippen LogP contribution is 2.42. The minimum atomic E-state index is -0.246. The largest absolute Gasteiger partial charge is 0.490 e. The molecule has 2 atom stereocenters.